The maximum Gasteiger partial charge on any atom is 0.0352 e. The third-order valence-corrected chi connectivity index (χ3v) is 4.20. The van der Waals surface area contributed by atoms with Crippen LogP contribution in [0.3, 0.4) is 0 Å². The molecule has 0 aliphatic rings. The lowest BCUT2D eigenvalue weighted by atomic mass is 9.99. The highest BCUT2D eigenvalue weighted by molar-refractivity contribution is 9.13. The molecule has 0 radical (unpaired) electrons. The number of rotatable bonds is 2. The van der Waals surface area contributed by atoms with E-state index in [1.165, 1.54) is 16.5 Å². The lowest BCUT2D eigenvalue weighted by Crippen LogP contribution is -1.92. The molecule has 0 fully saturated rings. The number of hydrogen-bond donors (Lipinski definition) is 0. The zero-order valence-electron chi connectivity index (χ0n) is 7.27. The summed E-state index contributed by atoms with van der Waals surface area (Å²) in [7, 11) is 0. The van der Waals surface area contributed by atoms with Gasteiger partial charge in [-0.05, 0) is 55.8 Å². The smallest absolute Gasteiger partial charge is 0.0352 e. The van der Waals surface area contributed by atoms with Crippen molar-refractivity contribution in [1.29, 1.82) is 0 Å². The predicted octanol–water partition coefficient (Wildman–Crippen LogP) is 4.73. The zero-order chi connectivity index (χ0) is 9.14. The predicted molar refractivity (Wildman–Crippen MR) is 60.5 cm³/mol. The number of halogens is 2. The van der Waals surface area contributed by atoms with Crippen molar-refractivity contribution in [3.63, 3.8) is 0 Å². The first-order chi connectivity index (χ1) is 5.66. The summed E-state index contributed by atoms with van der Waals surface area (Å²) in [5.41, 5.74) is 1.38. The Bertz CT molecular complexity index is 269. The topological polar surface area (TPSA) is 0 Å². The second-order valence-electron chi connectivity index (χ2n) is 2.95. The summed E-state index contributed by atoms with van der Waals surface area (Å²) in [5.74, 6) is 0.622. The summed E-state index contributed by atoms with van der Waals surface area (Å²) in [6.45, 7) is 4.45. The molecule has 0 nitrogen and oxygen atoms in total. The lowest BCUT2D eigenvalue weighted by Gasteiger charge is -2.11. The van der Waals surface area contributed by atoms with Crippen molar-refractivity contribution < 1.29 is 0 Å². The molecule has 0 aromatic heterocycles. The molecule has 0 amide bonds. The molecule has 0 spiro atoms. The highest BCUT2D eigenvalue weighted by Gasteiger charge is 2.08. The van der Waals surface area contributed by atoms with E-state index in [9.17, 15) is 0 Å². The maximum atomic E-state index is 3.57. The molecule has 0 heterocycles. The maximum absolute atomic E-state index is 3.57. The molecule has 0 aliphatic heterocycles. The van der Waals surface area contributed by atoms with Gasteiger partial charge in [0, 0.05) is 8.95 Å². The fourth-order valence-electron chi connectivity index (χ4n) is 1.12. The Morgan fingerprint density at radius 2 is 2.00 bits per heavy atom. The van der Waals surface area contributed by atoms with Crippen molar-refractivity contribution in [3.05, 3.63) is 32.7 Å². The van der Waals surface area contributed by atoms with E-state index in [1.807, 2.05) is 0 Å². The molecule has 0 saturated heterocycles. The zero-order valence-corrected chi connectivity index (χ0v) is 10.4. The van der Waals surface area contributed by atoms with Crippen molar-refractivity contribution in [2.24, 2.45) is 0 Å². The van der Waals surface area contributed by atoms with Crippen LogP contribution in [0.5, 0.6) is 0 Å². The lowest BCUT2D eigenvalue weighted by molar-refractivity contribution is 0.729. The first kappa shape index (κ1) is 10.3. The largest absolute Gasteiger partial charge is 0.0648 e. The second-order valence-corrected chi connectivity index (χ2v) is 4.60. The van der Waals surface area contributed by atoms with E-state index in [0.29, 0.717) is 5.92 Å². The molecule has 1 aromatic rings. The molecule has 66 valence electrons. The van der Waals surface area contributed by atoms with E-state index in [2.05, 4.69) is 63.9 Å². The second kappa shape index (κ2) is 4.43. The van der Waals surface area contributed by atoms with E-state index < -0.39 is 0 Å². The highest BCUT2D eigenvalue weighted by Crippen LogP contribution is 2.32. The highest BCUT2D eigenvalue weighted by atomic mass is 79.9. The number of benzene rings is 1. The minimum absolute atomic E-state index is 0.622. The molecule has 1 unspecified atom stereocenters. The van der Waals surface area contributed by atoms with Crippen molar-refractivity contribution >= 4 is 31.9 Å². The Labute approximate surface area is 90.6 Å². The number of hydrogen-bond acceptors (Lipinski definition) is 0. The average molecular weight is 292 g/mol. The third kappa shape index (κ3) is 2.11. The Kier molecular flexibility index (Phi) is 3.78. The van der Waals surface area contributed by atoms with Crippen LogP contribution in [0.15, 0.2) is 27.1 Å². The fourth-order valence-corrected chi connectivity index (χ4v) is 2.16. The van der Waals surface area contributed by atoms with Crippen molar-refractivity contribution in [1.82, 2.24) is 0 Å². The summed E-state index contributed by atoms with van der Waals surface area (Å²) < 4.78 is 2.33. The van der Waals surface area contributed by atoms with Crippen molar-refractivity contribution in [3.8, 4) is 0 Å². The van der Waals surface area contributed by atoms with Crippen LogP contribution in [0, 0.1) is 0 Å². The molecule has 12 heavy (non-hydrogen) atoms. The van der Waals surface area contributed by atoms with Gasteiger partial charge in [0.2, 0.25) is 0 Å². The Balaban J connectivity index is 3.07. The van der Waals surface area contributed by atoms with Gasteiger partial charge in [0.05, 0.1) is 0 Å². The molecule has 0 N–H and O–H groups in total. The van der Waals surface area contributed by atoms with Crippen molar-refractivity contribution in [2.45, 2.75) is 26.2 Å². The average Bonchev–Trinajstić information content (AvgIpc) is 2.08. The van der Waals surface area contributed by atoms with E-state index in [4.69, 9.17) is 0 Å². The van der Waals surface area contributed by atoms with Gasteiger partial charge in [0.25, 0.3) is 0 Å². The molecular formula is C10H12Br2. The first-order valence-corrected chi connectivity index (χ1v) is 5.69. The molecule has 0 saturated carbocycles. The van der Waals surface area contributed by atoms with Gasteiger partial charge in [0.15, 0.2) is 0 Å². The molecule has 1 rings (SSSR count). The van der Waals surface area contributed by atoms with Crippen LogP contribution in [0.2, 0.25) is 0 Å². The van der Waals surface area contributed by atoms with Gasteiger partial charge in [-0.15, -0.1) is 0 Å². The van der Waals surface area contributed by atoms with Gasteiger partial charge >= 0.3 is 0 Å². The Hall–Kier alpha value is 0.180. The molecule has 1 aromatic carbocycles. The minimum atomic E-state index is 0.622. The molecule has 0 aliphatic carbocycles. The van der Waals surface area contributed by atoms with E-state index in [1.54, 1.807) is 0 Å². The van der Waals surface area contributed by atoms with Gasteiger partial charge in [-0.1, -0.05) is 26.0 Å². The van der Waals surface area contributed by atoms with Crippen LogP contribution in [0.4, 0.5) is 0 Å². The Morgan fingerprint density at radius 3 is 2.58 bits per heavy atom. The van der Waals surface area contributed by atoms with Gasteiger partial charge in [-0.3, -0.25) is 0 Å². The molecular weight excluding hydrogens is 280 g/mol. The fraction of sp³-hybridized carbons (Fsp3) is 0.400. The van der Waals surface area contributed by atoms with Gasteiger partial charge in [-0.2, -0.15) is 0 Å². The van der Waals surface area contributed by atoms with Crippen molar-refractivity contribution in [2.75, 3.05) is 0 Å². The van der Waals surface area contributed by atoms with E-state index in [0.717, 1.165) is 4.47 Å². The first-order valence-electron chi connectivity index (χ1n) is 4.10. The summed E-state index contributed by atoms with van der Waals surface area (Å²) in [6.07, 6.45) is 1.18. The van der Waals surface area contributed by atoms with Crippen LogP contribution in [-0.4, -0.2) is 0 Å². The van der Waals surface area contributed by atoms with Gasteiger partial charge in [-0.25, -0.2) is 0 Å². The van der Waals surface area contributed by atoms with Crippen LogP contribution in [-0.2, 0) is 0 Å². The van der Waals surface area contributed by atoms with E-state index >= 15 is 0 Å². The SMILES string of the molecule is CCC(C)c1cccc(Br)c1Br. The monoisotopic (exact) mass is 290 g/mol. The quantitative estimate of drug-likeness (QED) is 0.739. The van der Waals surface area contributed by atoms with Crippen LogP contribution < -0.4 is 0 Å². The minimum Gasteiger partial charge on any atom is -0.0648 e. The van der Waals surface area contributed by atoms with Crippen LogP contribution in [0.25, 0.3) is 0 Å². The molecule has 0 bridgehead atoms. The normalized spacial score (nSPS) is 13.0. The summed E-state index contributed by atoms with van der Waals surface area (Å²) in [5, 5.41) is 0. The standard InChI is InChI=1S/C10H12Br2/c1-3-7(2)8-5-4-6-9(11)10(8)12/h4-7H,3H2,1-2H3. The summed E-state index contributed by atoms with van der Waals surface area (Å²) in [4.78, 5) is 0. The molecule has 2 heteroatoms. The summed E-state index contributed by atoms with van der Waals surface area (Å²) >= 11 is 7.07. The Morgan fingerprint density at radius 1 is 1.33 bits per heavy atom. The van der Waals surface area contributed by atoms with E-state index in [-0.39, 0.29) is 0 Å². The third-order valence-electron chi connectivity index (χ3n) is 2.12. The van der Waals surface area contributed by atoms with Gasteiger partial charge in [0.1, 0.15) is 0 Å². The van der Waals surface area contributed by atoms with Crippen LogP contribution in [0.1, 0.15) is 31.7 Å². The van der Waals surface area contributed by atoms with Gasteiger partial charge < -0.3 is 0 Å². The molecule has 1 atom stereocenters. The summed E-state index contributed by atoms with van der Waals surface area (Å²) in [6, 6.07) is 6.30. The van der Waals surface area contributed by atoms with Crippen LogP contribution >= 0.6 is 31.9 Å².